The molecule has 1 aliphatic heterocycles. The van der Waals surface area contributed by atoms with Crippen LogP contribution in [0, 0.1) is 5.92 Å². The van der Waals surface area contributed by atoms with Crippen molar-refractivity contribution in [1.29, 1.82) is 0 Å². The Labute approximate surface area is 271 Å². The van der Waals surface area contributed by atoms with E-state index in [2.05, 4.69) is 16.0 Å². The molecule has 4 atom stereocenters. The maximum Gasteiger partial charge on any atom is 0.490 e. The van der Waals surface area contributed by atoms with Crippen LogP contribution in [0.5, 0.6) is 5.75 Å². The van der Waals surface area contributed by atoms with Gasteiger partial charge in [-0.3, -0.25) is 19.2 Å². The highest BCUT2D eigenvalue weighted by Crippen LogP contribution is 2.25. The Hall–Kier alpha value is -4.66. The van der Waals surface area contributed by atoms with E-state index in [1.54, 1.807) is 21.1 Å². The monoisotopic (exact) mass is 665 g/mol. The number of carbonyl (C=O) groups is 5. The summed E-state index contributed by atoms with van der Waals surface area (Å²) in [7, 11) is 3.29. The normalized spacial score (nSPS) is 16.3. The third kappa shape index (κ3) is 11.3. The molecule has 2 aromatic rings. The topological polar surface area (TPSA) is 180 Å². The van der Waals surface area contributed by atoms with Crippen molar-refractivity contribution in [3.05, 3.63) is 54.1 Å². The van der Waals surface area contributed by atoms with Crippen LogP contribution >= 0.6 is 0 Å². The van der Waals surface area contributed by atoms with Crippen molar-refractivity contribution in [1.82, 2.24) is 20.9 Å². The maximum atomic E-state index is 13.5. The highest BCUT2D eigenvalue weighted by Gasteiger charge is 2.40. The Morgan fingerprint density at radius 3 is 2.15 bits per heavy atom. The Morgan fingerprint density at radius 1 is 1.02 bits per heavy atom. The summed E-state index contributed by atoms with van der Waals surface area (Å²) in [5.74, 6) is -3.87. The number of methoxy groups -OCH3 is 1. The molecule has 0 aromatic heterocycles. The van der Waals surface area contributed by atoms with Crippen LogP contribution in [-0.4, -0.2) is 90.7 Å². The number of halogens is 3. The van der Waals surface area contributed by atoms with Gasteiger partial charge < -0.3 is 36.4 Å². The minimum atomic E-state index is -5.08. The lowest BCUT2D eigenvalue weighted by Gasteiger charge is -2.31. The number of hydrogen-bond acceptors (Lipinski definition) is 7. The van der Waals surface area contributed by atoms with Crippen LogP contribution in [0.25, 0.3) is 11.1 Å². The first-order valence-corrected chi connectivity index (χ1v) is 14.9. The average Bonchev–Trinajstić information content (AvgIpc) is 3.53. The van der Waals surface area contributed by atoms with Gasteiger partial charge in [0.1, 0.15) is 23.9 Å². The van der Waals surface area contributed by atoms with Crippen molar-refractivity contribution in [2.24, 2.45) is 11.7 Å². The number of alkyl halides is 3. The molecule has 47 heavy (non-hydrogen) atoms. The zero-order chi connectivity index (χ0) is 35.5. The first kappa shape index (κ1) is 38.5. The van der Waals surface area contributed by atoms with Crippen molar-refractivity contribution < 1.29 is 47.0 Å². The minimum Gasteiger partial charge on any atom is -0.497 e. The van der Waals surface area contributed by atoms with E-state index in [0.717, 1.165) is 22.4 Å². The Kier molecular flexibility index (Phi) is 14.2. The number of hydrogen-bond donors (Lipinski definition) is 5. The molecule has 1 saturated heterocycles. The molecule has 4 amide bonds. The van der Waals surface area contributed by atoms with Crippen molar-refractivity contribution in [2.75, 3.05) is 20.7 Å². The highest BCUT2D eigenvalue weighted by molar-refractivity contribution is 5.95. The van der Waals surface area contributed by atoms with E-state index in [9.17, 15) is 32.3 Å². The minimum absolute atomic E-state index is 0.178. The molecule has 0 spiro atoms. The van der Waals surface area contributed by atoms with Crippen molar-refractivity contribution in [2.45, 2.75) is 70.4 Å². The van der Waals surface area contributed by atoms with E-state index >= 15 is 0 Å². The van der Waals surface area contributed by atoms with E-state index in [4.69, 9.17) is 20.4 Å². The van der Waals surface area contributed by atoms with Crippen LogP contribution in [-0.2, 0) is 30.4 Å². The highest BCUT2D eigenvalue weighted by atomic mass is 19.4. The number of likely N-dealkylation sites (N-methyl/N-ethyl adjacent to an activating group) is 1. The Balaban J connectivity index is 0.000000984. The average molecular weight is 666 g/mol. The summed E-state index contributed by atoms with van der Waals surface area (Å²) in [4.78, 5) is 61.9. The van der Waals surface area contributed by atoms with E-state index in [-0.39, 0.29) is 24.2 Å². The van der Waals surface area contributed by atoms with Crippen LogP contribution in [0.3, 0.4) is 0 Å². The molecule has 1 heterocycles. The molecule has 15 heteroatoms. The number of aliphatic carboxylic acids is 1. The van der Waals surface area contributed by atoms with E-state index in [0.29, 0.717) is 19.4 Å². The lowest BCUT2D eigenvalue weighted by molar-refractivity contribution is -0.192. The number of ether oxygens (including phenoxy) is 1. The molecule has 0 saturated carbocycles. The van der Waals surface area contributed by atoms with E-state index in [1.165, 1.54) is 4.90 Å². The van der Waals surface area contributed by atoms with Gasteiger partial charge in [0.2, 0.25) is 23.6 Å². The van der Waals surface area contributed by atoms with Gasteiger partial charge in [-0.15, -0.1) is 0 Å². The van der Waals surface area contributed by atoms with Crippen molar-refractivity contribution >= 4 is 29.6 Å². The fraction of sp³-hybridized carbons (Fsp3) is 0.469. The summed E-state index contributed by atoms with van der Waals surface area (Å²) < 4.78 is 37.0. The fourth-order valence-corrected chi connectivity index (χ4v) is 4.77. The van der Waals surface area contributed by atoms with Gasteiger partial charge in [-0.25, -0.2) is 4.79 Å². The number of nitrogens with two attached hydrogens (primary N) is 1. The number of carboxylic acid groups (broad SMARTS) is 1. The summed E-state index contributed by atoms with van der Waals surface area (Å²) in [5, 5.41) is 15.6. The second-order valence-electron chi connectivity index (χ2n) is 11.3. The molecule has 1 aliphatic rings. The Bertz CT molecular complexity index is 1400. The predicted molar refractivity (Wildman–Crippen MR) is 167 cm³/mol. The van der Waals surface area contributed by atoms with Crippen molar-refractivity contribution in [3.8, 4) is 16.9 Å². The van der Waals surface area contributed by atoms with Crippen molar-refractivity contribution in [3.63, 3.8) is 0 Å². The number of likely N-dealkylation sites (tertiary alicyclic amines) is 1. The second kappa shape index (κ2) is 17.3. The number of nitrogens with zero attached hydrogens (tertiary/aromatic N) is 1. The SMILES string of the molecule is CN[C@@H](C)C(=O)N[C@H](C(=O)N1CCC[C@H]1C(=O)N[C@@H](Cc1ccc(-c2cccc(OC)c2)cc1)C(N)=O)C(C)C.O=C(O)C(F)(F)F. The summed E-state index contributed by atoms with van der Waals surface area (Å²) in [6, 6.07) is 12.5. The van der Waals surface area contributed by atoms with Gasteiger partial charge in [0.25, 0.3) is 0 Å². The first-order valence-electron chi connectivity index (χ1n) is 14.9. The zero-order valence-corrected chi connectivity index (χ0v) is 26.9. The molecule has 2 aromatic carbocycles. The number of carbonyl (C=O) groups excluding carboxylic acids is 4. The van der Waals surface area contributed by atoms with Crippen LogP contribution in [0.15, 0.2) is 48.5 Å². The van der Waals surface area contributed by atoms with Gasteiger partial charge in [-0.1, -0.05) is 50.2 Å². The molecular weight excluding hydrogens is 623 g/mol. The Morgan fingerprint density at radius 2 is 1.64 bits per heavy atom. The number of amides is 4. The smallest absolute Gasteiger partial charge is 0.490 e. The van der Waals surface area contributed by atoms with E-state index < -0.39 is 48.1 Å². The predicted octanol–water partition coefficient (Wildman–Crippen LogP) is 2.25. The van der Waals surface area contributed by atoms with Gasteiger partial charge in [-0.2, -0.15) is 13.2 Å². The number of rotatable bonds is 12. The summed E-state index contributed by atoms with van der Waals surface area (Å²) >= 11 is 0. The molecule has 258 valence electrons. The summed E-state index contributed by atoms with van der Waals surface area (Å²) in [6.45, 7) is 5.80. The lowest BCUT2D eigenvalue weighted by atomic mass is 9.99. The molecule has 0 radical (unpaired) electrons. The summed E-state index contributed by atoms with van der Waals surface area (Å²) in [5.41, 5.74) is 8.47. The van der Waals surface area contributed by atoms with Gasteiger partial charge >= 0.3 is 12.1 Å². The fourth-order valence-electron chi connectivity index (χ4n) is 4.77. The summed E-state index contributed by atoms with van der Waals surface area (Å²) in [6.07, 6.45) is -3.76. The van der Waals surface area contributed by atoms with Gasteiger partial charge in [0.05, 0.1) is 13.2 Å². The molecule has 0 aliphatic carbocycles. The standard InChI is InChI=1S/C30H41N5O5.C2HF3O2/c1-18(2)26(34-28(37)19(3)32-4)30(39)35-15-7-10-25(35)29(38)33-24(27(31)36)16-20-11-13-21(14-12-20)22-8-6-9-23(17-22)40-5;3-2(4,5)1(6)7/h6,8-9,11-14,17-19,24-26,32H,7,10,15-16H2,1-5H3,(H2,31,36)(H,33,38)(H,34,37);(H,6,7)/t19-,24-,25-,26-;/m0./s1. The van der Waals surface area contributed by atoms with Gasteiger partial charge in [-0.05, 0) is 61.6 Å². The van der Waals surface area contributed by atoms with Crippen LogP contribution in [0.4, 0.5) is 13.2 Å². The molecule has 1 fully saturated rings. The quantitative estimate of drug-likeness (QED) is 0.229. The first-order chi connectivity index (χ1) is 22.0. The van der Waals surface area contributed by atoms with Crippen LogP contribution in [0.2, 0.25) is 0 Å². The second-order valence-corrected chi connectivity index (χ2v) is 11.3. The van der Waals surface area contributed by atoms with Gasteiger partial charge in [0, 0.05) is 13.0 Å². The van der Waals surface area contributed by atoms with Crippen LogP contribution in [0.1, 0.15) is 39.2 Å². The van der Waals surface area contributed by atoms with Crippen LogP contribution < -0.4 is 26.4 Å². The molecular formula is C32H42F3N5O7. The molecule has 3 rings (SSSR count). The third-order valence-corrected chi connectivity index (χ3v) is 7.59. The number of nitrogens with one attached hydrogen (secondary N) is 3. The third-order valence-electron chi connectivity index (χ3n) is 7.59. The molecule has 6 N–H and O–H groups in total. The lowest BCUT2D eigenvalue weighted by Crippen LogP contribution is -2.58. The number of primary amides is 1. The zero-order valence-electron chi connectivity index (χ0n) is 26.9. The number of benzene rings is 2. The molecule has 0 bridgehead atoms. The van der Waals surface area contributed by atoms with E-state index in [1.807, 2.05) is 62.4 Å². The number of carboxylic acids is 1. The largest absolute Gasteiger partial charge is 0.497 e. The van der Waals surface area contributed by atoms with Gasteiger partial charge in [0.15, 0.2) is 0 Å². The molecule has 0 unspecified atom stereocenters. The maximum absolute atomic E-state index is 13.5. The molecule has 12 nitrogen and oxygen atoms in total.